The van der Waals surface area contributed by atoms with E-state index < -0.39 is 0 Å². The van der Waals surface area contributed by atoms with E-state index in [0.717, 1.165) is 24.1 Å². The smallest absolute Gasteiger partial charge is 0.173 e. The molecule has 2 nitrogen and oxygen atoms in total. The molecular formula is C16H14ClNO. The molecule has 0 unspecified atom stereocenters. The van der Waals surface area contributed by atoms with Crippen molar-refractivity contribution in [2.45, 2.75) is 18.3 Å². The largest absolute Gasteiger partial charge is 0.399 e. The molecule has 0 heterocycles. The number of benzene rings is 2. The maximum Gasteiger partial charge on any atom is 0.173 e. The van der Waals surface area contributed by atoms with Crippen molar-refractivity contribution in [2.75, 3.05) is 5.73 Å². The normalized spacial score (nSPS) is 16.1. The monoisotopic (exact) mass is 271 g/mol. The lowest BCUT2D eigenvalue weighted by Gasteiger charge is -2.15. The van der Waals surface area contributed by atoms with Crippen LogP contribution in [0.4, 0.5) is 5.69 Å². The van der Waals surface area contributed by atoms with E-state index in [0.29, 0.717) is 10.6 Å². The summed E-state index contributed by atoms with van der Waals surface area (Å²) in [6, 6.07) is 14.7. The Labute approximate surface area is 117 Å². The molecule has 0 radical (unpaired) electrons. The molecule has 2 aromatic rings. The van der Waals surface area contributed by atoms with E-state index >= 15 is 0 Å². The van der Waals surface area contributed by atoms with Gasteiger partial charge in [-0.3, -0.25) is 4.79 Å². The topological polar surface area (TPSA) is 43.1 Å². The van der Waals surface area contributed by atoms with E-state index in [1.807, 2.05) is 36.4 Å². The summed E-state index contributed by atoms with van der Waals surface area (Å²) < 4.78 is 0. The summed E-state index contributed by atoms with van der Waals surface area (Å²) in [6.07, 6.45) is 1.78. The van der Waals surface area contributed by atoms with E-state index in [1.165, 1.54) is 0 Å². The third-order valence-electron chi connectivity index (χ3n) is 3.73. The standard InChI is InChI=1S/C16H14ClNO/c17-13-3-1-2-11(10-13)15(19)16(8-9-16)12-4-6-14(18)7-5-12/h1-7,10H,8-9,18H2. The first-order chi connectivity index (χ1) is 9.12. The number of ketones is 1. The van der Waals surface area contributed by atoms with E-state index in [-0.39, 0.29) is 11.2 Å². The molecule has 0 aromatic heterocycles. The summed E-state index contributed by atoms with van der Waals surface area (Å²) in [6.45, 7) is 0. The lowest BCUT2D eigenvalue weighted by molar-refractivity contribution is 0.0946. The van der Waals surface area contributed by atoms with Crippen LogP contribution >= 0.6 is 11.6 Å². The second-order valence-corrected chi connectivity index (χ2v) is 5.48. The highest BCUT2D eigenvalue weighted by molar-refractivity contribution is 6.31. The number of anilines is 1. The molecule has 0 bridgehead atoms. The van der Waals surface area contributed by atoms with Gasteiger partial charge in [0.1, 0.15) is 0 Å². The predicted octanol–water partition coefficient (Wildman–Crippen LogP) is 3.84. The van der Waals surface area contributed by atoms with Crippen molar-refractivity contribution in [3.8, 4) is 0 Å². The van der Waals surface area contributed by atoms with Gasteiger partial charge in [-0.25, -0.2) is 0 Å². The number of nitrogens with two attached hydrogens (primary N) is 1. The van der Waals surface area contributed by atoms with Gasteiger partial charge in [0.25, 0.3) is 0 Å². The molecule has 19 heavy (non-hydrogen) atoms. The predicted molar refractivity (Wildman–Crippen MR) is 77.5 cm³/mol. The van der Waals surface area contributed by atoms with Gasteiger partial charge in [-0.1, -0.05) is 35.9 Å². The van der Waals surface area contributed by atoms with Gasteiger partial charge >= 0.3 is 0 Å². The Hall–Kier alpha value is -1.80. The number of nitrogen functional groups attached to an aromatic ring is 1. The highest BCUT2D eigenvalue weighted by atomic mass is 35.5. The van der Waals surface area contributed by atoms with E-state index in [4.69, 9.17) is 17.3 Å². The molecule has 2 aromatic carbocycles. The fourth-order valence-corrected chi connectivity index (χ4v) is 2.67. The number of hydrogen-bond donors (Lipinski definition) is 1. The first-order valence-electron chi connectivity index (χ1n) is 6.28. The zero-order chi connectivity index (χ0) is 13.5. The molecule has 1 saturated carbocycles. The molecule has 1 aliphatic rings. The van der Waals surface area contributed by atoms with Gasteiger partial charge in [-0.15, -0.1) is 0 Å². The lowest BCUT2D eigenvalue weighted by Crippen LogP contribution is -2.20. The molecule has 3 rings (SSSR count). The summed E-state index contributed by atoms with van der Waals surface area (Å²) >= 11 is 5.96. The second kappa shape index (κ2) is 4.39. The summed E-state index contributed by atoms with van der Waals surface area (Å²) in [5.41, 5.74) is 7.78. The van der Waals surface area contributed by atoms with Crippen LogP contribution in [0.1, 0.15) is 28.8 Å². The van der Waals surface area contributed by atoms with Gasteiger partial charge in [0.2, 0.25) is 0 Å². The minimum Gasteiger partial charge on any atom is -0.399 e. The third-order valence-corrected chi connectivity index (χ3v) is 3.97. The van der Waals surface area contributed by atoms with Crippen LogP contribution in [0.3, 0.4) is 0 Å². The Bertz CT molecular complexity index is 629. The van der Waals surface area contributed by atoms with Crippen LogP contribution in [-0.4, -0.2) is 5.78 Å². The van der Waals surface area contributed by atoms with Gasteiger partial charge in [0, 0.05) is 16.3 Å². The Morgan fingerprint density at radius 1 is 1.11 bits per heavy atom. The van der Waals surface area contributed by atoms with Crippen LogP contribution in [-0.2, 0) is 5.41 Å². The lowest BCUT2D eigenvalue weighted by atomic mass is 9.87. The average Bonchev–Trinajstić information content (AvgIpc) is 3.20. The van der Waals surface area contributed by atoms with E-state index in [1.54, 1.807) is 12.1 Å². The molecule has 3 heteroatoms. The van der Waals surface area contributed by atoms with Gasteiger partial charge < -0.3 is 5.73 Å². The maximum atomic E-state index is 12.7. The van der Waals surface area contributed by atoms with Crippen LogP contribution in [0.2, 0.25) is 5.02 Å². The van der Waals surface area contributed by atoms with Crippen molar-refractivity contribution in [2.24, 2.45) is 0 Å². The van der Waals surface area contributed by atoms with Crippen LogP contribution in [0.15, 0.2) is 48.5 Å². The Morgan fingerprint density at radius 2 is 1.79 bits per heavy atom. The van der Waals surface area contributed by atoms with Crippen molar-refractivity contribution in [3.05, 3.63) is 64.7 Å². The molecule has 0 amide bonds. The van der Waals surface area contributed by atoms with Crippen molar-refractivity contribution in [3.63, 3.8) is 0 Å². The minimum absolute atomic E-state index is 0.153. The molecule has 96 valence electrons. The van der Waals surface area contributed by atoms with Crippen molar-refractivity contribution >= 4 is 23.1 Å². The minimum atomic E-state index is -0.363. The zero-order valence-corrected chi connectivity index (χ0v) is 11.2. The zero-order valence-electron chi connectivity index (χ0n) is 10.4. The van der Waals surface area contributed by atoms with Crippen LogP contribution in [0.5, 0.6) is 0 Å². The van der Waals surface area contributed by atoms with E-state index in [9.17, 15) is 4.79 Å². The number of rotatable bonds is 3. The SMILES string of the molecule is Nc1ccc(C2(C(=O)c3cccc(Cl)c3)CC2)cc1. The molecule has 0 saturated heterocycles. The Kier molecular flexibility index (Phi) is 2.83. The van der Waals surface area contributed by atoms with Crippen LogP contribution in [0.25, 0.3) is 0 Å². The number of carbonyl (C=O) groups excluding carboxylic acids is 1. The van der Waals surface area contributed by atoms with Crippen LogP contribution in [0, 0.1) is 0 Å². The molecule has 1 aliphatic carbocycles. The van der Waals surface area contributed by atoms with Gasteiger partial charge in [0.05, 0.1) is 5.41 Å². The van der Waals surface area contributed by atoms with Crippen molar-refractivity contribution < 1.29 is 4.79 Å². The average molecular weight is 272 g/mol. The molecule has 0 spiro atoms. The number of carbonyl (C=O) groups is 1. The first kappa shape index (κ1) is 12.2. The maximum absolute atomic E-state index is 12.7. The van der Waals surface area contributed by atoms with Gasteiger partial charge in [0.15, 0.2) is 5.78 Å². The third kappa shape index (κ3) is 2.13. The van der Waals surface area contributed by atoms with Crippen LogP contribution < -0.4 is 5.73 Å². The van der Waals surface area contributed by atoms with Gasteiger partial charge in [-0.05, 0) is 42.7 Å². The van der Waals surface area contributed by atoms with Crippen molar-refractivity contribution in [1.29, 1.82) is 0 Å². The van der Waals surface area contributed by atoms with E-state index in [2.05, 4.69) is 0 Å². The Morgan fingerprint density at radius 3 is 2.37 bits per heavy atom. The van der Waals surface area contributed by atoms with Crippen molar-refractivity contribution in [1.82, 2.24) is 0 Å². The number of Topliss-reactive ketones (excluding diaryl/α,β-unsaturated/α-hetero) is 1. The summed E-state index contributed by atoms with van der Waals surface area (Å²) in [5, 5.41) is 0.596. The number of hydrogen-bond acceptors (Lipinski definition) is 2. The summed E-state index contributed by atoms with van der Waals surface area (Å²) in [4.78, 5) is 12.7. The highest BCUT2D eigenvalue weighted by Gasteiger charge is 2.51. The second-order valence-electron chi connectivity index (χ2n) is 5.04. The molecule has 1 fully saturated rings. The molecule has 2 N–H and O–H groups in total. The first-order valence-corrected chi connectivity index (χ1v) is 6.66. The fourth-order valence-electron chi connectivity index (χ4n) is 2.48. The highest BCUT2D eigenvalue weighted by Crippen LogP contribution is 2.50. The summed E-state index contributed by atoms with van der Waals surface area (Å²) in [7, 11) is 0. The quantitative estimate of drug-likeness (QED) is 0.681. The number of halogens is 1. The Balaban J connectivity index is 1.97. The fraction of sp³-hybridized carbons (Fsp3) is 0.188. The van der Waals surface area contributed by atoms with Gasteiger partial charge in [-0.2, -0.15) is 0 Å². The molecular weight excluding hydrogens is 258 g/mol. The molecule has 0 aliphatic heterocycles. The summed E-state index contributed by atoms with van der Waals surface area (Å²) in [5.74, 6) is 0.153. The molecule has 0 atom stereocenters.